The maximum atomic E-state index is 11.8. The minimum atomic E-state index is 0.371. The van der Waals surface area contributed by atoms with Crippen LogP contribution in [0.3, 0.4) is 0 Å². The first-order chi connectivity index (χ1) is 7.97. The van der Waals surface area contributed by atoms with Crippen molar-refractivity contribution < 1.29 is 4.79 Å². The van der Waals surface area contributed by atoms with E-state index in [1.54, 1.807) is 0 Å². The lowest BCUT2D eigenvalue weighted by molar-refractivity contribution is -0.118. The van der Waals surface area contributed by atoms with Crippen molar-refractivity contribution in [2.24, 2.45) is 5.92 Å². The van der Waals surface area contributed by atoms with E-state index in [0.717, 1.165) is 24.8 Å². The van der Waals surface area contributed by atoms with Gasteiger partial charge in [-0.25, -0.2) is 0 Å². The average Bonchev–Trinajstić information content (AvgIpc) is 2.14. The molecule has 94 valence electrons. The van der Waals surface area contributed by atoms with E-state index < -0.39 is 0 Å². The van der Waals surface area contributed by atoms with Crippen LogP contribution in [0.5, 0.6) is 0 Å². The normalized spacial score (nSPS) is 10.9. The van der Waals surface area contributed by atoms with Gasteiger partial charge in [0.25, 0.3) is 0 Å². The van der Waals surface area contributed by atoms with E-state index in [1.807, 2.05) is 0 Å². The predicted octanol–water partition coefficient (Wildman–Crippen LogP) is 4.24. The predicted molar refractivity (Wildman–Crippen MR) is 73.3 cm³/mol. The summed E-state index contributed by atoms with van der Waals surface area (Å²) in [4.78, 5) is 11.8. The number of carbonyl (C=O) groups is 1. The minimum Gasteiger partial charge on any atom is -0.299 e. The quantitative estimate of drug-likeness (QED) is 0.717. The van der Waals surface area contributed by atoms with Gasteiger partial charge in [-0.3, -0.25) is 4.79 Å². The molecule has 0 fully saturated rings. The number of ketones is 1. The molecule has 0 amide bonds. The van der Waals surface area contributed by atoms with Crippen molar-refractivity contribution >= 4 is 5.78 Å². The lowest BCUT2D eigenvalue weighted by Gasteiger charge is -2.06. The molecule has 1 aromatic carbocycles. The molecule has 0 atom stereocenters. The Balaban J connectivity index is 2.45. The molecule has 0 bridgehead atoms. The number of hydrogen-bond acceptors (Lipinski definition) is 1. The summed E-state index contributed by atoms with van der Waals surface area (Å²) in [6.07, 6.45) is 3.51. The molecule has 0 aliphatic rings. The van der Waals surface area contributed by atoms with Crippen molar-refractivity contribution in [1.82, 2.24) is 0 Å². The molecule has 0 heterocycles. The zero-order chi connectivity index (χ0) is 12.8. The molecule has 0 aliphatic carbocycles. The van der Waals surface area contributed by atoms with Crippen LogP contribution in [0.2, 0.25) is 0 Å². The van der Waals surface area contributed by atoms with Gasteiger partial charge in [-0.15, -0.1) is 0 Å². The van der Waals surface area contributed by atoms with Crippen LogP contribution in [0, 0.1) is 19.8 Å². The van der Waals surface area contributed by atoms with E-state index in [2.05, 4.69) is 45.9 Å². The summed E-state index contributed by atoms with van der Waals surface area (Å²) in [5.41, 5.74) is 3.65. The molecule has 1 aromatic rings. The van der Waals surface area contributed by atoms with E-state index in [1.165, 1.54) is 11.1 Å². The Morgan fingerprint density at radius 2 is 1.71 bits per heavy atom. The van der Waals surface area contributed by atoms with Crippen LogP contribution in [0.4, 0.5) is 0 Å². The van der Waals surface area contributed by atoms with Gasteiger partial charge in [-0.1, -0.05) is 49.6 Å². The lowest BCUT2D eigenvalue weighted by Crippen LogP contribution is -2.03. The van der Waals surface area contributed by atoms with Gasteiger partial charge in [-0.2, -0.15) is 0 Å². The third-order valence-corrected chi connectivity index (χ3v) is 2.92. The van der Waals surface area contributed by atoms with Gasteiger partial charge in [0, 0.05) is 12.8 Å². The van der Waals surface area contributed by atoms with Gasteiger partial charge >= 0.3 is 0 Å². The molecule has 0 aromatic heterocycles. The Hall–Kier alpha value is -1.11. The van der Waals surface area contributed by atoms with Crippen molar-refractivity contribution in [2.45, 2.75) is 53.4 Å². The Morgan fingerprint density at radius 3 is 2.24 bits per heavy atom. The van der Waals surface area contributed by atoms with Gasteiger partial charge in [-0.05, 0) is 31.7 Å². The molecule has 17 heavy (non-hydrogen) atoms. The van der Waals surface area contributed by atoms with Gasteiger partial charge in [0.1, 0.15) is 5.78 Å². The number of rotatable bonds is 6. The maximum absolute atomic E-state index is 11.8. The fourth-order valence-electron chi connectivity index (χ4n) is 2.19. The highest BCUT2D eigenvalue weighted by molar-refractivity contribution is 5.80. The zero-order valence-corrected chi connectivity index (χ0v) is 11.5. The molecule has 0 unspecified atom stereocenters. The number of aryl methyl sites for hydroxylation is 2. The smallest absolute Gasteiger partial charge is 0.137 e. The summed E-state index contributed by atoms with van der Waals surface area (Å²) < 4.78 is 0. The molecule has 0 N–H and O–H groups in total. The average molecular weight is 232 g/mol. The van der Waals surface area contributed by atoms with Gasteiger partial charge < -0.3 is 0 Å². The van der Waals surface area contributed by atoms with E-state index in [-0.39, 0.29) is 0 Å². The van der Waals surface area contributed by atoms with Crippen LogP contribution >= 0.6 is 0 Å². The molecular weight excluding hydrogens is 208 g/mol. The van der Waals surface area contributed by atoms with Crippen LogP contribution in [-0.2, 0) is 11.2 Å². The van der Waals surface area contributed by atoms with Crippen molar-refractivity contribution in [1.29, 1.82) is 0 Å². The Labute approximate surface area is 105 Å². The summed E-state index contributed by atoms with van der Waals surface area (Å²) >= 11 is 0. The largest absolute Gasteiger partial charge is 0.299 e. The van der Waals surface area contributed by atoms with Crippen LogP contribution in [0.1, 0.15) is 49.8 Å². The van der Waals surface area contributed by atoms with Crippen molar-refractivity contribution in [2.75, 3.05) is 0 Å². The first kappa shape index (κ1) is 14.0. The van der Waals surface area contributed by atoms with Crippen molar-refractivity contribution in [3.8, 4) is 0 Å². The highest BCUT2D eigenvalue weighted by atomic mass is 16.1. The fraction of sp³-hybridized carbons (Fsp3) is 0.562. The maximum Gasteiger partial charge on any atom is 0.137 e. The van der Waals surface area contributed by atoms with E-state index >= 15 is 0 Å². The zero-order valence-electron chi connectivity index (χ0n) is 11.5. The second-order valence-corrected chi connectivity index (χ2v) is 5.50. The highest BCUT2D eigenvalue weighted by Gasteiger charge is 2.05. The minimum absolute atomic E-state index is 0.371. The fourth-order valence-corrected chi connectivity index (χ4v) is 2.19. The second kappa shape index (κ2) is 6.58. The third-order valence-electron chi connectivity index (χ3n) is 2.92. The monoisotopic (exact) mass is 232 g/mol. The van der Waals surface area contributed by atoms with E-state index in [9.17, 15) is 4.79 Å². The molecule has 1 heteroatoms. The highest BCUT2D eigenvalue weighted by Crippen LogP contribution is 2.12. The molecule has 0 aliphatic heterocycles. The molecule has 0 spiro atoms. The summed E-state index contributed by atoms with van der Waals surface area (Å²) in [5.74, 6) is 1.07. The Kier molecular flexibility index (Phi) is 5.40. The molecule has 0 saturated heterocycles. The van der Waals surface area contributed by atoms with Crippen LogP contribution < -0.4 is 0 Å². The number of Topliss-reactive ketones (excluding diaryl/α,β-unsaturated/α-hetero) is 1. The van der Waals surface area contributed by atoms with Gasteiger partial charge in [0.05, 0.1) is 0 Å². The van der Waals surface area contributed by atoms with Crippen molar-refractivity contribution in [3.63, 3.8) is 0 Å². The Morgan fingerprint density at radius 1 is 1.12 bits per heavy atom. The molecule has 1 nitrogen and oxygen atoms in total. The molecular formula is C16H24O. The van der Waals surface area contributed by atoms with Crippen LogP contribution in [0.25, 0.3) is 0 Å². The van der Waals surface area contributed by atoms with Gasteiger partial charge in [0.15, 0.2) is 0 Å². The third kappa shape index (κ3) is 5.67. The molecule has 0 saturated carbocycles. The summed E-state index contributed by atoms with van der Waals surface area (Å²) in [6, 6.07) is 6.38. The first-order valence-corrected chi connectivity index (χ1v) is 6.56. The standard InChI is InChI=1S/C16H24O/c1-12(2)6-5-7-16(17)11-15-9-13(3)8-14(4)10-15/h8-10,12H,5-7,11H2,1-4H3. The number of benzene rings is 1. The topological polar surface area (TPSA) is 17.1 Å². The number of hydrogen-bond donors (Lipinski definition) is 0. The van der Waals surface area contributed by atoms with Crippen LogP contribution in [-0.4, -0.2) is 5.78 Å². The van der Waals surface area contributed by atoms with Crippen molar-refractivity contribution in [3.05, 3.63) is 34.9 Å². The molecule has 1 rings (SSSR count). The van der Waals surface area contributed by atoms with Gasteiger partial charge in [0.2, 0.25) is 0 Å². The van der Waals surface area contributed by atoms with E-state index in [4.69, 9.17) is 0 Å². The summed E-state index contributed by atoms with van der Waals surface area (Å²) in [6.45, 7) is 8.57. The lowest BCUT2D eigenvalue weighted by atomic mass is 9.99. The first-order valence-electron chi connectivity index (χ1n) is 6.56. The van der Waals surface area contributed by atoms with Crippen LogP contribution in [0.15, 0.2) is 18.2 Å². The van der Waals surface area contributed by atoms with E-state index in [0.29, 0.717) is 18.1 Å². The molecule has 0 radical (unpaired) electrons. The number of carbonyl (C=O) groups excluding carboxylic acids is 1. The Bertz CT molecular complexity index is 357. The summed E-state index contributed by atoms with van der Waals surface area (Å²) in [5, 5.41) is 0. The SMILES string of the molecule is Cc1cc(C)cc(CC(=O)CCCC(C)C)c1. The second-order valence-electron chi connectivity index (χ2n) is 5.50. The summed E-state index contributed by atoms with van der Waals surface area (Å²) in [7, 11) is 0.